The number of aliphatic imine (C=N–C) groups is 1. The lowest BCUT2D eigenvalue weighted by Gasteiger charge is -2.36. The van der Waals surface area contributed by atoms with Gasteiger partial charge >= 0.3 is 6.09 Å². The quantitative estimate of drug-likeness (QED) is 0.780. The number of alkyl carbamates (subject to hydrolysis) is 1. The first-order valence-electron chi connectivity index (χ1n) is 7.99. The molecule has 1 aliphatic heterocycles. The third-order valence-corrected chi connectivity index (χ3v) is 3.71. The Morgan fingerprint density at radius 2 is 2.12 bits per heavy atom. The molecule has 1 aliphatic rings. The minimum atomic E-state index is -3.10. The van der Waals surface area contributed by atoms with Gasteiger partial charge in [-0.25, -0.2) is 23.0 Å². The van der Waals surface area contributed by atoms with E-state index in [0.717, 1.165) is 12.1 Å². The van der Waals surface area contributed by atoms with E-state index in [-0.39, 0.29) is 11.5 Å². The van der Waals surface area contributed by atoms with Crippen LogP contribution in [0.15, 0.2) is 23.2 Å². The lowest BCUT2D eigenvalue weighted by Crippen LogP contribution is -2.51. The number of nitrogens with one attached hydrogen (secondary N) is 1. The Labute approximate surface area is 149 Å². The number of carbonyl (C=O) groups excluding carboxylic acids is 1. The van der Waals surface area contributed by atoms with Crippen molar-refractivity contribution < 1.29 is 27.4 Å². The van der Waals surface area contributed by atoms with Gasteiger partial charge in [-0.2, -0.15) is 0 Å². The van der Waals surface area contributed by atoms with E-state index >= 15 is 0 Å². The van der Waals surface area contributed by atoms with E-state index in [1.165, 1.54) is 13.0 Å². The van der Waals surface area contributed by atoms with Crippen LogP contribution in [0.25, 0.3) is 0 Å². The number of nitrogens with two attached hydrogens (primary N) is 1. The van der Waals surface area contributed by atoms with Crippen LogP contribution in [-0.4, -0.2) is 36.7 Å². The average Bonchev–Trinajstić information content (AvgIpc) is 2.50. The number of benzene rings is 1. The predicted molar refractivity (Wildman–Crippen MR) is 90.7 cm³/mol. The number of carbonyl (C=O) groups is 1. The van der Waals surface area contributed by atoms with Gasteiger partial charge < -0.3 is 15.2 Å². The number of hydrogen-bond acceptors (Lipinski definition) is 5. The summed E-state index contributed by atoms with van der Waals surface area (Å²) in [6, 6.07) is 3.34. The molecule has 0 aliphatic carbocycles. The van der Waals surface area contributed by atoms with Gasteiger partial charge in [-0.05, 0) is 45.9 Å². The van der Waals surface area contributed by atoms with Crippen LogP contribution >= 0.6 is 0 Å². The molecular weight excluding hydrogens is 351 g/mol. The number of halogens is 3. The van der Waals surface area contributed by atoms with Crippen LogP contribution in [0.5, 0.6) is 0 Å². The molecule has 1 aromatic rings. The second-order valence-electron chi connectivity index (χ2n) is 7.04. The summed E-state index contributed by atoms with van der Waals surface area (Å²) in [6.07, 6.45) is -4.75. The Kier molecular flexibility index (Phi) is 5.50. The van der Waals surface area contributed by atoms with Gasteiger partial charge in [-0.3, -0.25) is 5.32 Å². The summed E-state index contributed by atoms with van der Waals surface area (Å²) in [6.45, 7) is 5.93. The second kappa shape index (κ2) is 7.14. The Balaban J connectivity index is 2.45. The number of anilines is 1. The predicted octanol–water partition coefficient (Wildman–Crippen LogP) is 3.21. The van der Waals surface area contributed by atoms with Gasteiger partial charge in [0.1, 0.15) is 23.4 Å². The Morgan fingerprint density at radius 1 is 1.46 bits per heavy atom. The highest BCUT2D eigenvalue weighted by molar-refractivity contribution is 5.98. The third kappa shape index (κ3) is 4.27. The molecule has 1 amide bonds. The topological polar surface area (TPSA) is 85.9 Å². The molecular formula is C17H22F3N3O3. The van der Waals surface area contributed by atoms with Crippen LogP contribution in [-0.2, 0) is 15.0 Å². The molecule has 0 aromatic heterocycles. The fourth-order valence-electron chi connectivity index (χ4n) is 2.45. The van der Waals surface area contributed by atoms with Crippen molar-refractivity contribution in [2.75, 3.05) is 12.3 Å². The van der Waals surface area contributed by atoms with Crippen molar-refractivity contribution in [3.05, 3.63) is 29.6 Å². The number of alkyl halides is 2. The molecule has 6 nitrogen and oxygen atoms in total. The Morgan fingerprint density at radius 3 is 2.69 bits per heavy atom. The highest BCUT2D eigenvalue weighted by Gasteiger charge is 2.48. The highest BCUT2D eigenvalue weighted by atomic mass is 19.3. The van der Waals surface area contributed by atoms with Gasteiger partial charge in [0.15, 0.2) is 5.54 Å². The minimum absolute atomic E-state index is 0.108. The maximum atomic E-state index is 14.2. The summed E-state index contributed by atoms with van der Waals surface area (Å²) >= 11 is 0. The van der Waals surface area contributed by atoms with Crippen LogP contribution in [0.1, 0.15) is 33.3 Å². The molecule has 0 bridgehead atoms. The van der Waals surface area contributed by atoms with Crippen molar-refractivity contribution in [1.29, 1.82) is 0 Å². The fraction of sp³-hybridized carbons (Fsp3) is 0.529. The molecule has 1 heterocycles. The van der Waals surface area contributed by atoms with Crippen LogP contribution in [0.3, 0.4) is 0 Å². The first-order chi connectivity index (χ1) is 11.9. The zero-order valence-electron chi connectivity index (χ0n) is 15.0. The zero-order chi connectivity index (χ0) is 19.7. The minimum Gasteiger partial charge on any atom is -0.444 e. The van der Waals surface area contributed by atoms with E-state index in [0.29, 0.717) is 0 Å². The number of nitrogen functional groups attached to an aromatic ring is 1. The van der Waals surface area contributed by atoms with E-state index in [9.17, 15) is 18.0 Å². The number of hydrogen-bond donors (Lipinski definition) is 2. The van der Waals surface area contributed by atoms with Crippen LogP contribution in [0.2, 0.25) is 0 Å². The van der Waals surface area contributed by atoms with Crippen molar-refractivity contribution in [1.82, 2.24) is 5.32 Å². The maximum Gasteiger partial charge on any atom is 0.413 e. The van der Waals surface area contributed by atoms with E-state index in [1.54, 1.807) is 20.8 Å². The van der Waals surface area contributed by atoms with E-state index in [2.05, 4.69) is 10.3 Å². The number of nitrogens with zero attached hydrogens (tertiary/aromatic N) is 1. The van der Waals surface area contributed by atoms with E-state index in [4.69, 9.17) is 15.2 Å². The fourth-order valence-corrected chi connectivity index (χ4v) is 2.45. The molecule has 0 saturated heterocycles. The van der Waals surface area contributed by atoms with Gasteiger partial charge in [0.05, 0.1) is 6.61 Å². The normalized spacial score (nSPS) is 23.5. The van der Waals surface area contributed by atoms with Crippen molar-refractivity contribution in [3.63, 3.8) is 0 Å². The first kappa shape index (κ1) is 20.0. The van der Waals surface area contributed by atoms with Crippen LogP contribution in [0.4, 0.5) is 23.7 Å². The summed E-state index contributed by atoms with van der Waals surface area (Å²) in [4.78, 5) is 15.9. The van der Waals surface area contributed by atoms with Crippen molar-refractivity contribution >= 4 is 17.6 Å². The molecule has 3 N–H and O–H groups in total. The van der Waals surface area contributed by atoms with Gasteiger partial charge in [0, 0.05) is 11.3 Å². The zero-order valence-corrected chi connectivity index (χ0v) is 15.0. The molecule has 144 valence electrons. The largest absolute Gasteiger partial charge is 0.444 e. The lowest BCUT2D eigenvalue weighted by atomic mass is 9.89. The number of amidine groups is 1. The molecule has 0 spiro atoms. The van der Waals surface area contributed by atoms with Crippen molar-refractivity contribution in [2.24, 2.45) is 4.99 Å². The number of rotatable bonds is 2. The van der Waals surface area contributed by atoms with Gasteiger partial charge in [-0.1, -0.05) is 0 Å². The molecule has 0 saturated carbocycles. The van der Waals surface area contributed by atoms with E-state index in [1.807, 2.05) is 0 Å². The molecule has 0 radical (unpaired) electrons. The summed E-state index contributed by atoms with van der Waals surface area (Å²) in [5.74, 6) is -1.06. The smallest absolute Gasteiger partial charge is 0.413 e. The third-order valence-electron chi connectivity index (χ3n) is 3.71. The molecule has 2 atom stereocenters. The first-order valence-corrected chi connectivity index (χ1v) is 7.99. The van der Waals surface area contributed by atoms with Gasteiger partial charge in [0.2, 0.25) is 0 Å². The summed E-state index contributed by atoms with van der Waals surface area (Å²) in [5, 5.41) is 2.32. The SMILES string of the molecule is CC1OCC(c2cc(N)ccc2F)(C(F)F)N=C1NC(=O)OC(C)(C)C. The second-order valence-corrected chi connectivity index (χ2v) is 7.04. The molecule has 2 unspecified atom stereocenters. The maximum absolute atomic E-state index is 14.2. The molecule has 1 aromatic carbocycles. The van der Waals surface area contributed by atoms with Crippen LogP contribution in [0, 0.1) is 5.82 Å². The molecule has 0 fully saturated rings. The number of ether oxygens (including phenoxy) is 2. The van der Waals surface area contributed by atoms with Crippen molar-refractivity contribution in [3.8, 4) is 0 Å². The summed E-state index contributed by atoms with van der Waals surface area (Å²) in [7, 11) is 0. The summed E-state index contributed by atoms with van der Waals surface area (Å²) in [5.41, 5.74) is 2.21. The molecule has 26 heavy (non-hydrogen) atoms. The molecule has 9 heteroatoms. The lowest BCUT2D eigenvalue weighted by molar-refractivity contribution is -0.0352. The highest BCUT2D eigenvalue weighted by Crippen LogP contribution is 2.38. The van der Waals surface area contributed by atoms with Crippen molar-refractivity contribution in [2.45, 2.75) is 51.4 Å². The monoisotopic (exact) mass is 373 g/mol. The Bertz CT molecular complexity index is 719. The standard InChI is InChI=1S/C17H22F3N3O3/c1-9-13(22-15(24)26-16(2,3)4)23-17(8-25-9,14(19)20)11-7-10(21)5-6-12(11)18/h5-7,9,14H,8,21H2,1-4H3,(H,22,23,24). The van der Waals surface area contributed by atoms with E-state index < -0.39 is 47.8 Å². The van der Waals surface area contributed by atoms with Gasteiger partial charge in [-0.15, -0.1) is 0 Å². The average molecular weight is 373 g/mol. The Hall–Kier alpha value is -2.29. The summed E-state index contributed by atoms with van der Waals surface area (Å²) < 4.78 is 52.6. The molecule has 2 rings (SSSR count). The van der Waals surface area contributed by atoms with Gasteiger partial charge in [0.25, 0.3) is 6.43 Å². The number of amides is 1. The van der Waals surface area contributed by atoms with Crippen LogP contribution < -0.4 is 11.1 Å².